The van der Waals surface area contributed by atoms with E-state index in [1.807, 2.05) is 24.3 Å². The number of halogens is 2. The minimum Gasteiger partial charge on any atom is -0.493 e. The van der Waals surface area contributed by atoms with Gasteiger partial charge in [-0.15, -0.1) is 11.8 Å². The molecule has 120 valence electrons. The Labute approximate surface area is 149 Å². The average Bonchev–Trinajstić information content (AvgIpc) is 2.55. The lowest BCUT2D eigenvalue weighted by atomic mass is 10.0. The van der Waals surface area contributed by atoms with E-state index in [1.165, 1.54) is 11.8 Å². The van der Waals surface area contributed by atoms with Gasteiger partial charge in [-0.05, 0) is 18.2 Å². The number of carbonyl (C=O) groups is 1. The largest absolute Gasteiger partial charge is 0.493 e. The third kappa shape index (κ3) is 3.94. The van der Waals surface area contributed by atoms with Gasteiger partial charge in [-0.1, -0.05) is 47.5 Å². The number of carbonyl (C=O) groups excluding carboxylic acids is 1. The Hall–Kier alpha value is -1.36. The molecule has 0 bridgehead atoms. The molecule has 2 aromatic rings. The third-order valence-corrected chi connectivity index (χ3v) is 5.55. The van der Waals surface area contributed by atoms with Crippen LogP contribution in [0, 0.1) is 0 Å². The Morgan fingerprint density at radius 2 is 1.91 bits per heavy atom. The van der Waals surface area contributed by atoms with Crippen molar-refractivity contribution in [2.75, 3.05) is 12.4 Å². The summed E-state index contributed by atoms with van der Waals surface area (Å²) < 4.78 is 5.60. The van der Waals surface area contributed by atoms with Gasteiger partial charge in [0.2, 0.25) is 5.91 Å². The second-order valence-electron chi connectivity index (χ2n) is 5.13. The number of para-hydroxylation sites is 1. The maximum atomic E-state index is 12.3. The molecule has 6 heteroatoms. The van der Waals surface area contributed by atoms with E-state index < -0.39 is 0 Å². The lowest BCUT2D eigenvalue weighted by Crippen LogP contribution is -2.33. The fraction of sp³-hybridized carbons (Fsp3) is 0.235. The van der Waals surface area contributed by atoms with Gasteiger partial charge in [-0.3, -0.25) is 4.79 Å². The molecule has 1 N–H and O–H groups in total. The van der Waals surface area contributed by atoms with Crippen LogP contribution in [-0.4, -0.2) is 18.3 Å². The zero-order valence-electron chi connectivity index (χ0n) is 12.2. The molecule has 3 rings (SSSR count). The van der Waals surface area contributed by atoms with E-state index in [9.17, 15) is 4.79 Å². The van der Waals surface area contributed by atoms with Crippen molar-refractivity contribution < 1.29 is 9.53 Å². The second-order valence-corrected chi connectivity index (χ2v) is 6.93. The third-order valence-electron chi connectivity index (χ3n) is 3.56. The van der Waals surface area contributed by atoms with Gasteiger partial charge in [0.15, 0.2) is 0 Å². The highest BCUT2D eigenvalue weighted by Crippen LogP contribution is 2.34. The van der Waals surface area contributed by atoms with Crippen molar-refractivity contribution in [2.45, 2.75) is 17.4 Å². The molecule has 0 aromatic heterocycles. The number of ether oxygens (including phenoxy) is 1. The number of amides is 1. The van der Waals surface area contributed by atoms with Crippen molar-refractivity contribution in [1.29, 1.82) is 0 Å². The second kappa shape index (κ2) is 7.47. The monoisotopic (exact) mass is 367 g/mol. The van der Waals surface area contributed by atoms with Gasteiger partial charge in [0.05, 0.1) is 28.4 Å². The summed E-state index contributed by atoms with van der Waals surface area (Å²) in [6.45, 7) is 0.603. The quantitative estimate of drug-likeness (QED) is 0.794. The summed E-state index contributed by atoms with van der Waals surface area (Å²) in [5.41, 5.74) is 1.02. The normalized spacial score (nSPS) is 16.3. The van der Waals surface area contributed by atoms with Crippen LogP contribution in [0.15, 0.2) is 47.4 Å². The molecule has 0 saturated heterocycles. The summed E-state index contributed by atoms with van der Waals surface area (Å²) in [7, 11) is 0. The number of rotatable bonds is 4. The number of hydrogen-bond acceptors (Lipinski definition) is 3. The first-order chi connectivity index (χ1) is 11.1. The summed E-state index contributed by atoms with van der Waals surface area (Å²) in [4.78, 5) is 13.0. The van der Waals surface area contributed by atoms with E-state index in [2.05, 4.69) is 5.32 Å². The molecule has 0 aliphatic carbocycles. The average molecular weight is 368 g/mol. The first-order valence-electron chi connectivity index (χ1n) is 7.23. The maximum Gasteiger partial charge on any atom is 0.230 e. The van der Waals surface area contributed by atoms with Gasteiger partial charge in [0.25, 0.3) is 0 Å². The van der Waals surface area contributed by atoms with Crippen LogP contribution < -0.4 is 10.1 Å². The van der Waals surface area contributed by atoms with Crippen LogP contribution in [0.1, 0.15) is 18.0 Å². The molecule has 1 aliphatic rings. The zero-order chi connectivity index (χ0) is 16.2. The van der Waals surface area contributed by atoms with Crippen molar-refractivity contribution in [3.05, 3.63) is 58.1 Å². The summed E-state index contributed by atoms with van der Waals surface area (Å²) in [5.74, 6) is 1.06. The molecule has 1 atom stereocenters. The zero-order valence-corrected chi connectivity index (χ0v) is 14.5. The van der Waals surface area contributed by atoms with E-state index in [-0.39, 0.29) is 17.7 Å². The topological polar surface area (TPSA) is 38.3 Å². The van der Waals surface area contributed by atoms with Crippen LogP contribution in [-0.2, 0) is 4.79 Å². The molecular formula is C17H15Cl2NO2S. The molecule has 0 fully saturated rings. The summed E-state index contributed by atoms with van der Waals surface area (Å²) in [5, 5.41) is 4.18. The fourth-order valence-electron chi connectivity index (χ4n) is 2.49. The first-order valence-corrected chi connectivity index (χ1v) is 8.97. The molecule has 1 heterocycles. The van der Waals surface area contributed by atoms with Gasteiger partial charge < -0.3 is 10.1 Å². The number of hydrogen-bond donors (Lipinski definition) is 1. The number of fused-ring (bicyclic) bond motifs is 1. The van der Waals surface area contributed by atoms with Crippen LogP contribution >= 0.6 is 35.0 Å². The Bertz CT molecular complexity index is 703. The van der Waals surface area contributed by atoms with E-state index in [1.54, 1.807) is 18.2 Å². The molecule has 1 unspecified atom stereocenters. The van der Waals surface area contributed by atoms with Gasteiger partial charge in [0, 0.05) is 16.9 Å². The van der Waals surface area contributed by atoms with Crippen molar-refractivity contribution in [1.82, 2.24) is 5.32 Å². The van der Waals surface area contributed by atoms with E-state index in [0.29, 0.717) is 16.7 Å². The van der Waals surface area contributed by atoms with E-state index in [0.717, 1.165) is 22.6 Å². The van der Waals surface area contributed by atoms with Crippen molar-refractivity contribution >= 4 is 40.9 Å². The summed E-state index contributed by atoms with van der Waals surface area (Å²) in [6, 6.07) is 13.1. The van der Waals surface area contributed by atoms with Gasteiger partial charge >= 0.3 is 0 Å². The molecule has 3 nitrogen and oxygen atoms in total. The Morgan fingerprint density at radius 3 is 2.70 bits per heavy atom. The number of nitrogens with one attached hydrogen (secondary N) is 1. The SMILES string of the molecule is O=C(CSc1c(Cl)cccc1Cl)NC1CCOc2ccccc21. The molecular weight excluding hydrogens is 353 g/mol. The number of benzene rings is 2. The van der Waals surface area contributed by atoms with Crippen LogP contribution in [0.5, 0.6) is 5.75 Å². The molecule has 1 amide bonds. The highest BCUT2D eigenvalue weighted by Gasteiger charge is 2.22. The standard InChI is InChI=1S/C17H15Cl2NO2S/c18-12-5-3-6-13(19)17(12)23-10-16(21)20-14-8-9-22-15-7-2-1-4-11(14)15/h1-7,14H,8-10H2,(H,20,21). The molecule has 0 saturated carbocycles. The highest BCUT2D eigenvalue weighted by molar-refractivity contribution is 8.00. The minimum atomic E-state index is -0.0484. The molecule has 1 aliphatic heterocycles. The first kappa shape index (κ1) is 16.5. The smallest absolute Gasteiger partial charge is 0.230 e. The van der Waals surface area contributed by atoms with Gasteiger partial charge in [-0.2, -0.15) is 0 Å². The molecule has 0 radical (unpaired) electrons. The van der Waals surface area contributed by atoms with Crippen molar-refractivity contribution in [3.63, 3.8) is 0 Å². The van der Waals surface area contributed by atoms with Crippen LogP contribution in [0.4, 0.5) is 0 Å². The lowest BCUT2D eigenvalue weighted by molar-refractivity contribution is -0.119. The predicted molar refractivity (Wildman–Crippen MR) is 94.6 cm³/mol. The van der Waals surface area contributed by atoms with E-state index >= 15 is 0 Å². The molecule has 23 heavy (non-hydrogen) atoms. The van der Waals surface area contributed by atoms with E-state index in [4.69, 9.17) is 27.9 Å². The molecule has 0 spiro atoms. The Kier molecular flexibility index (Phi) is 5.36. The van der Waals surface area contributed by atoms with Gasteiger partial charge in [-0.25, -0.2) is 0 Å². The molecule has 2 aromatic carbocycles. The number of thioether (sulfide) groups is 1. The highest BCUT2D eigenvalue weighted by atomic mass is 35.5. The predicted octanol–water partition coefficient (Wildman–Crippen LogP) is 4.73. The van der Waals surface area contributed by atoms with Crippen LogP contribution in [0.25, 0.3) is 0 Å². The van der Waals surface area contributed by atoms with Crippen LogP contribution in [0.2, 0.25) is 10.0 Å². The fourth-order valence-corrected chi connectivity index (χ4v) is 3.98. The Morgan fingerprint density at radius 1 is 1.17 bits per heavy atom. The summed E-state index contributed by atoms with van der Waals surface area (Å²) >= 11 is 13.6. The minimum absolute atomic E-state index is 0.0187. The maximum absolute atomic E-state index is 12.3. The van der Waals surface area contributed by atoms with Crippen molar-refractivity contribution in [3.8, 4) is 5.75 Å². The Balaban J connectivity index is 1.63. The lowest BCUT2D eigenvalue weighted by Gasteiger charge is -2.26. The van der Waals surface area contributed by atoms with Gasteiger partial charge in [0.1, 0.15) is 5.75 Å². The summed E-state index contributed by atoms with van der Waals surface area (Å²) in [6.07, 6.45) is 0.764. The van der Waals surface area contributed by atoms with Crippen molar-refractivity contribution in [2.24, 2.45) is 0 Å². The van der Waals surface area contributed by atoms with Crippen LogP contribution in [0.3, 0.4) is 0 Å².